The summed E-state index contributed by atoms with van der Waals surface area (Å²) >= 11 is 1.75. The average molecular weight is 305 g/mol. The zero-order chi connectivity index (χ0) is 14.4. The van der Waals surface area contributed by atoms with Crippen molar-refractivity contribution < 1.29 is 4.79 Å². The van der Waals surface area contributed by atoms with Gasteiger partial charge in [0.25, 0.3) is 0 Å². The van der Waals surface area contributed by atoms with Crippen molar-refractivity contribution in [1.29, 1.82) is 0 Å². The molecule has 3 fully saturated rings. The van der Waals surface area contributed by atoms with E-state index in [1.165, 1.54) is 24.3 Å². The molecule has 2 unspecified atom stereocenters. The highest BCUT2D eigenvalue weighted by atomic mass is 32.1. The number of amides is 1. The fraction of sp³-hybridized carbons (Fsp3) is 0.688. The van der Waals surface area contributed by atoms with Crippen LogP contribution in [0.3, 0.4) is 0 Å². The molecule has 4 rings (SSSR count). The lowest BCUT2D eigenvalue weighted by Crippen LogP contribution is -2.41. The second-order valence-electron chi connectivity index (χ2n) is 6.87. The molecule has 4 nitrogen and oxygen atoms in total. The van der Waals surface area contributed by atoms with E-state index in [4.69, 9.17) is 0 Å². The predicted molar refractivity (Wildman–Crippen MR) is 84.1 cm³/mol. The number of carbonyl (C=O) groups excluding carboxylic acids is 1. The molecule has 0 aromatic carbocycles. The lowest BCUT2D eigenvalue weighted by molar-refractivity contribution is -0.131. The van der Waals surface area contributed by atoms with Crippen LogP contribution in [0.1, 0.15) is 36.7 Å². The number of rotatable bonds is 3. The van der Waals surface area contributed by atoms with E-state index >= 15 is 0 Å². The normalized spacial score (nSPS) is 32.0. The number of hydrogen-bond donors (Lipinski definition) is 1. The number of piperidine rings is 1. The zero-order valence-electron chi connectivity index (χ0n) is 12.5. The minimum absolute atomic E-state index is 0.104. The third-order valence-electron chi connectivity index (χ3n) is 5.13. The van der Waals surface area contributed by atoms with Crippen LogP contribution in [-0.2, 0) is 4.79 Å². The summed E-state index contributed by atoms with van der Waals surface area (Å²) in [5, 5.41) is 5.72. The van der Waals surface area contributed by atoms with Gasteiger partial charge in [0.1, 0.15) is 11.7 Å². The van der Waals surface area contributed by atoms with Gasteiger partial charge in [-0.25, -0.2) is 0 Å². The van der Waals surface area contributed by atoms with Crippen LogP contribution >= 0.6 is 11.3 Å². The minimum Gasteiger partial charge on any atom is -0.320 e. The van der Waals surface area contributed by atoms with Gasteiger partial charge in [0, 0.05) is 18.0 Å². The third kappa shape index (κ3) is 2.41. The van der Waals surface area contributed by atoms with Gasteiger partial charge in [0.2, 0.25) is 5.91 Å². The molecular formula is C16H23N3OS. The Morgan fingerprint density at radius 3 is 3.00 bits per heavy atom. The smallest absolute Gasteiger partial charge is 0.244 e. The topological polar surface area (TPSA) is 35.6 Å². The average Bonchev–Trinajstić information content (AvgIpc) is 2.95. The van der Waals surface area contributed by atoms with Crippen LogP contribution in [-0.4, -0.2) is 47.9 Å². The van der Waals surface area contributed by atoms with Gasteiger partial charge >= 0.3 is 0 Å². The number of nitrogens with zero attached hydrogens (tertiary/aromatic N) is 2. The maximum Gasteiger partial charge on any atom is 0.244 e. The quantitative estimate of drug-likeness (QED) is 0.928. The Kier molecular flexibility index (Phi) is 3.32. The van der Waals surface area contributed by atoms with E-state index in [2.05, 4.69) is 39.7 Å². The molecule has 2 saturated heterocycles. The number of likely N-dealkylation sites (tertiary alicyclic amines) is 1. The van der Waals surface area contributed by atoms with Crippen LogP contribution in [0.2, 0.25) is 0 Å². The first-order valence-corrected chi connectivity index (χ1v) is 8.87. The van der Waals surface area contributed by atoms with Crippen molar-refractivity contribution in [1.82, 2.24) is 15.1 Å². The summed E-state index contributed by atoms with van der Waals surface area (Å²) < 4.78 is 0. The summed E-state index contributed by atoms with van der Waals surface area (Å²) in [6, 6.07) is 4.23. The van der Waals surface area contributed by atoms with E-state index in [9.17, 15) is 4.79 Å². The fourth-order valence-corrected chi connectivity index (χ4v) is 4.62. The van der Waals surface area contributed by atoms with Crippen molar-refractivity contribution in [3.05, 3.63) is 22.4 Å². The van der Waals surface area contributed by atoms with Gasteiger partial charge in [-0.2, -0.15) is 0 Å². The highest BCUT2D eigenvalue weighted by molar-refractivity contribution is 7.10. The zero-order valence-corrected chi connectivity index (χ0v) is 13.4. The van der Waals surface area contributed by atoms with E-state index < -0.39 is 0 Å². The number of carbonyl (C=O) groups is 1. The Morgan fingerprint density at radius 1 is 1.48 bits per heavy atom. The Balaban J connectivity index is 1.54. The maximum atomic E-state index is 12.8. The molecule has 0 bridgehead atoms. The highest BCUT2D eigenvalue weighted by Crippen LogP contribution is 2.46. The van der Waals surface area contributed by atoms with E-state index in [0.717, 1.165) is 25.9 Å². The summed E-state index contributed by atoms with van der Waals surface area (Å²) in [6.45, 7) is 3.22. The molecule has 1 aromatic rings. The lowest BCUT2D eigenvalue weighted by Gasteiger charge is -2.34. The van der Waals surface area contributed by atoms with Gasteiger partial charge in [-0.1, -0.05) is 6.07 Å². The molecule has 1 aromatic heterocycles. The Morgan fingerprint density at radius 2 is 2.33 bits per heavy atom. The van der Waals surface area contributed by atoms with Gasteiger partial charge in [0.05, 0.1) is 0 Å². The van der Waals surface area contributed by atoms with Gasteiger partial charge in [-0.15, -0.1) is 11.3 Å². The number of nitrogens with one attached hydrogen (secondary N) is 1. The molecule has 3 aliphatic rings. The lowest BCUT2D eigenvalue weighted by atomic mass is 9.97. The first-order valence-electron chi connectivity index (χ1n) is 7.99. The van der Waals surface area contributed by atoms with Crippen molar-refractivity contribution in [2.24, 2.45) is 5.92 Å². The van der Waals surface area contributed by atoms with Crippen molar-refractivity contribution in [2.45, 2.75) is 37.4 Å². The summed E-state index contributed by atoms with van der Waals surface area (Å²) in [7, 11) is 2.19. The monoisotopic (exact) mass is 305 g/mol. The molecule has 21 heavy (non-hydrogen) atoms. The van der Waals surface area contributed by atoms with Crippen LogP contribution in [0, 0.1) is 5.92 Å². The van der Waals surface area contributed by atoms with Crippen LogP contribution in [0.25, 0.3) is 0 Å². The van der Waals surface area contributed by atoms with Gasteiger partial charge in [-0.05, 0) is 56.6 Å². The molecule has 3 heterocycles. The highest BCUT2D eigenvalue weighted by Gasteiger charge is 2.59. The summed E-state index contributed by atoms with van der Waals surface area (Å²) in [5.41, 5.74) is -0.213. The second kappa shape index (κ2) is 5.07. The van der Waals surface area contributed by atoms with Crippen molar-refractivity contribution >= 4 is 17.2 Å². The molecule has 1 N–H and O–H groups in total. The SMILES string of the molecule is CN1CCCC(CN2C(=O)C3(CC3)NC2c2cccs2)C1. The Hall–Kier alpha value is -0.910. The van der Waals surface area contributed by atoms with Crippen LogP contribution in [0.15, 0.2) is 17.5 Å². The first-order chi connectivity index (χ1) is 10.2. The predicted octanol–water partition coefficient (Wildman–Crippen LogP) is 2.05. The van der Waals surface area contributed by atoms with Crippen molar-refractivity contribution in [2.75, 3.05) is 26.7 Å². The Bertz CT molecular complexity index is 526. The molecule has 2 aliphatic heterocycles. The molecule has 0 radical (unpaired) electrons. The van der Waals surface area contributed by atoms with E-state index in [1.54, 1.807) is 11.3 Å². The van der Waals surface area contributed by atoms with Gasteiger partial charge in [0.15, 0.2) is 0 Å². The molecule has 114 valence electrons. The third-order valence-corrected chi connectivity index (χ3v) is 6.06. The largest absolute Gasteiger partial charge is 0.320 e. The second-order valence-corrected chi connectivity index (χ2v) is 7.85. The van der Waals surface area contributed by atoms with E-state index in [1.807, 2.05) is 0 Å². The van der Waals surface area contributed by atoms with Crippen LogP contribution in [0.4, 0.5) is 0 Å². The van der Waals surface area contributed by atoms with Crippen LogP contribution < -0.4 is 5.32 Å². The molecule has 1 spiro atoms. The van der Waals surface area contributed by atoms with Crippen molar-refractivity contribution in [3.8, 4) is 0 Å². The molecule has 1 saturated carbocycles. The molecule has 1 aliphatic carbocycles. The number of thiophene rings is 1. The van der Waals surface area contributed by atoms with Gasteiger partial charge < -0.3 is 9.80 Å². The number of hydrogen-bond acceptors (Lipinski definition) is 4. The Labute approximate surface area is 130 Å². The summed E-state index contributed by atoms with van der Waals surface area (Å²) in [5.74, 6) is 0.958. The summed E-state index contributed by atoms with van der Waals surface area (Å²) in [6.07, 6.45) is 4.63. The summed E-state index contributed by atoms with van der Waals surface area (Å²) in [4.78, 5) is 18.6. The van der Waals surface area contributed by atoms with Crippen LogP contribution in [0.5, 0.6) is 0 Å². The maximum absolute atomic E-state index is 12.8. The fourth-order valence-electron chi connectivity index (χ4n) is 3.84. The standard InChI is InChI=1S/C16H23N3OS/c1-18-8-2-4-12(10-18)11-19-14(13-5-3-9-21-13)17-16(6-7-16)15(19)20/h3,5,9,12,14,17H,2,4,6-8,10-11H2,1H3. The molecular weight excluding hydrogens is 282 g/mol. The van der Waals surface area contributed by atoms with Gasteiger partial charge in [-0.3, -0.25) is 10.1 Å². The molecule has 5 heteroatoms. The molecule has 1 amide bonds. The van der Waals surface area contributed by atoms with E-state index in [-0.39, 0.29) is 11.7 Å². The first kappa shape index (κ1) is 13.7. The molecule has 2 atom stereocenters. The minimum atomic E-state index is -0.213. The van der Waals surface area contributed by atoms with Crippen molar-refractivity contribution in [3.63, 3.8) is 0 Å². The van der Waals surface area contributed by atoms with E-state index in [0.29, 0.717) is 11.8 Å².